The van der Waals surface area contributed by atoms with E-state index in [-0.39, 0.29) is 17.9 Å². The Kier molecular flexibility index (Phi) is 8.34. The second-order valence-corrected chi connectivity index (χ2v) is 8.45. The van der Waals surface area contributed by atoms with Crippen molar-refractivity contribution in [2.24, 2.45) is 0 Å². The number of nitro benzene ring substituents is 1. The fraction of sp³-hybridized carbons (Fsp3) is 0.125. The number of benzene rings is 3. The van der Waals surface area contributed by atoms with Crippen LogP contribution < -0.4 is 9.47 Å². The molecule has 0 heterocycles. The van der Waals surface area contributed by atoms with Gasteiger partial charge in [0, 0.05) is 12.1 Å². The van der Waals surface area contributed by atoms with Crippen molar-refractivity contribution in [3.05, 3.63) is 95.9 Å². The first-order chi connectivity index (χ1) is 15.8. The monoisotopic (exact) mass is 546 g/mol. The number of nitriles is 1. The van der Waals surface area contributed by atoms with Crippen LogP contribution in [0.4, 0.5) is 5.69 Å². The van der Waals surface area contributed by atoms with Gasteiger partial charge in [-0.25, -0.2) is 0 Å². The molecule has 0 fully saturated rings. The van der Waals surface area contributed by atoms with Gasteiger partial charge in [-0.3, -0.25) is 10.1 Å². The van der Waals surface area contributed by atoms with Crippen LogP contribution in [0.3, 0.4) is 0 Å². The van der Waals surface area contributed by atoms with Crippen LogP contribution in [0, 0.1) is 21.4 Å². The molecule has 0 aliphatic heterocycles. The fourth-order valence-electron chi connectivity index (χ4n) is 2.99. The lowest BCUT2D eigenvalue weighted by atomic mass is 10.0. The molecule has 33 heavy (non-hydrogen) atoms. The first-order valence-electron chi connectivity index (χ1n) is 9.72. The predicted octanol–water partition coefficient (Wildman–Crippen LogP) is 7.71. The number of rotatable bonds is 8. The van der Waals surface area contributed by atoms with Gasteiger partial charge >= 0.3 is 0 Å². The zero-order chi connectivity index (χ0) is 24.0. The minimum absolute atomic E-state index is 0.0871. The zero-order valence-electron chi connectivity index (χ0n) is 17.3. The number of allylic oxidation sites excluding steroid dienone is 1. The van der Waals surface area contributed by atoms with E-state index in [4.69, 9.17) is 32.7 Å². The predicted molar refractivity (Wildman–Crippen MR) is 133 cm³/mol. The maximum absolute atomic E-state index is 11.1. The molecule has 0 radical (unpaired) electrons. The largest absolute Gasteiger partial charge is 0.490 e. The molecule has 0 saturated heterocycles. The van der Waals surface area contributed by atoms with Crippen LogP contribution in [0.5, 0.6) is 11.5 Å². The Morgan fingerprint density at radius 2 is 1.94 bits per heavy atom. The van der Waals surface area contributed by atoms with Crippen LogP contribution in [0.25, 0.3) is 11.6 Å². The quantitative estimate of drug-likeness (QED) is 0.125. The molecule has 0 atom stereocenters. The molecule has 0 aliphatic rings. The number of nitro groups is 1. The van der Waals surface area contributed by atoms with E-state index in [1.807, 2.05) is 13.0 Å². The highest BCUT2D eigenvalue weighted by Gasteiger charge is 2.14. The van der Waals surface area contributed by atoms with Crippen molar-refractivity contribution in [2.75, 3.05) is 6.61 Å². The SMILES string of the molecule is CCOc1cc(/C=C(/C#N)c2cccc([N+](=O)[O-])c2)cc(Br)c1OCc1ccc(Cl)c(Cl)c1. The van der Waals surface area contributed by atoms with Gasteiger partial charge in [-0.2, -0.15) is 5.26 Å². The summed E-state index contributed by atoms with van der Waals surface area (Å²) in [6.45, 7) is 2.49. The summed E-state index contributed by atoms with van der Waals surface area (Å²) in [6.07, 6.45) is 1.63. The van der Waals surface area contributed by atoms with Gasteiger partial charge in [-0.05, 0) is 69.9 Å². The number of hydrogen-bond acceptors (Lipinski definition) is 5. The third-order valence-electron chi connectivity index (χ3n) is 4.50. The van der Waals surface area contributed by atoms with Gasteiger partial charge in [0.05, 0.1) is 37.7 Å². The van der Waals surface area contributed by atoms with Gasteiger partial charge in [0.1, 0.15) is 6.61 Å². The highest BCUT2D eigenvalue weighted by molar-refractivity contribution is 9.10. The lowest BCUT2D eigenvalue weighted by Gasteiger charge is -2.15. The summed E-state index contributed by atoms with van der Waals surface area (Å²) < 4.78 is 12.4. The van der Waals surface area contributed by atoms with Crippen molar-refractivity contribution >= 4 is 56.5 Å². The maximum Gasteiger partial charge on any atom is 0.270 e. The molecule has 168 valence electrons. The summed E-state index contributed by atoms with van der Waals surface area (Å²) in [5.74, 6) is 0.975. The molecule has 0 unspecified atom stereocenters. The van der Waals surface area contributed by atoms with E-state index in [9.17, 15) is 15.4 Å². The average molecular weight is 548 g/mol. The van der Waals surface area contributed by atoms with Crippen molar-refractivity contribution in [2.45, 2.75) is 13.5 Å². The second-order valence-electron chi connectivity index (χ2n) is 6.78. The number of nitrogens with zero attached hydrogens (tertiary/aromatic N) is 2. The van der Waals surface area contributed by atoms with Gasteiger partial charge in [0.2, 0.25) is 0 Å². The molecule has 0 aliphatic carbocycles. The molecule has 3 rings (SSSR count). The molecule has 0 amide bonds. The lowest BCUT2D eigenvalue weighted by molar-refractivity contribution is -0.384. The second kappa shape index (κ2) is 11.2. The standard InChI is InChI=1S/C24H17BrCl2N2O4/c1-2-32-23-11-16(8-18(13-28)17-4-3-5-19(12-17)29(30)31)9-20(25)24(23)33-14-15-6-7-21(26)22(27)10-15/h3-12H,2,14H2,1H3/b18-8-. The Morgan fingerprint density at radius 3 is 2.61 bits per heavy atom. The molecular formula is C24H17BrCl2N2O4. The summed E-state index contributed by atoms with van der Waals surface area (Å²) in [7, 11) is 0. The Balaban J connectivity index is 1.93. The molecule has 0 N–H and O–H groups in total. The molecule has 9 heteroatoms. The summed E-state index contributed by atoms with van der Waals surface area (Å²) in [6, 6.07) is 16.8. The van der Waals surface area contributed by atoms with Crippen molar-refractivity contribution in [1.29, 1.82) is 5.26 Å². The molecular weight excluding hydrogens is 531 g/mol. The van der Waals surface area contributed by atoms with Crippen LogP contribution in [0.1, 0.15) is 23.6 Å². The van der Waals surface area contributed by atoms with Crippen LogP contribution in [0.15, 0.2) is 59.1 Å². The van der Waals surface area contributed by atoms with E-state index in [2.05, 4.69) is 22.0 Å². The van der Waals surface area contributed by atoms with Crippen LogP contribution in [-0.4, -0.2) is 11.5 Å². The zero-order valence-corrected chi connectivity index (χ0v) is 20.4. The van der Waals surface area contributed by atoms with E-state index >= 15 is 0 Å². The van der Waals surface area contributed by atoms with Gasteiger partial charge in [0.25, 0.3) is 5.69 Å². The Hall–Kier alpha value is -3.05. The van der Waals surface area contributed by atoms with Crippen LogP contribution >= 0.6 is 39.1 Å². The van der Waals surface area contributed by atoms with Gasteiger partial charge < -0.3 is 9.47 Å². The smallest absolute Gasteiger partial charge is 0.270 e. The Morgan fingerprint density at radius 1 is 1.15 bits per heavy atom. The summed E-state index contributed by atoms with van der Waals surface area (Å²) in [5.41, 5.74) is 2.13. The Labute approximate surface area is 209 Å². The molecule has 3 aromatic rings. The summed E-state index contributed by atoms with van der Waals surface area (Å²) >= 11 is 15.6. The van der Waals surface area contributed by atoms with E-state index in [1.165, 1.54) is 12.1 Å². The number of hydrogen-bond donors (Lipinski definition) is 0. The molecule has 0 spiro atoms. The highest BCUT2D eigenvalue weighted by Crippen LogP contribution is 2.38. The number of non-ortho nitro benzene ring substituents is 1. The third kappa shape index (κ3) is 6.26. The van der Waals surface area contributed by atoms with Crippen molar-refractivity contribution in [1.82, 2.24) is 0 Å². The van der Waals surface area contributed by atoms with Crippen LogP contribution in [-0.2, 0) is 6.61 Å². The van der Waals surface area contributed by atoms with E-state index in [0.29, 0.717) is 43.8 Å². The maximum atomic E-state index is 11.1. The number of ether oxygens (including phenoxy) is 2. The molecule has 0 saturated carbocycles. The molecule has 0 bridgehead atoms. The minimum Gasteiger partial charge on any atom is -0.490 e. The Bertz CT molecular complexity index is 1270. The molecule has 6 nitrogen and oxygen atoms in total. The third-order valence-corrected chi connectivity index (χ3v) is 5.83. The van der Waals surface area contributed by atoms with E-state index in [1.54, 1.807) is 42.5 Å². The fourth-order valence-corrected chi connectivity index (χ4v) is 3.89. The lowest BCUT2D eigenvalue weighted by Crippen LogP contribution is -2.01. The molecule has 0 aromatic heterocycles. The van der Waals surface area contributed by atoms with Crippen molar-refractivity contribution in [3.63, 3.8) is 0 Å². The molecule has 3 aromatic carbocycles. The van der Waals surface area contributed by atoms with Crippen molar-refractivity contribution < 1.29 is 14.4 Å². The summed E-state index contributed by atoms with van der Waals surface area (Å²) in [5, 5.41) is 21.6. The van der Waals surface area contributed by atoms with Gasteiger partial charge in [-0.1, -0.05) is 41.4 Å². The first-order valence-corrected chi connectivity index (χ1v) is 11.3. The topological polar surface area (TPSA) is 85.4 Å². The van der Waals surface area contributed by atoms with E-state index in [0.717, 1.165) is 5.56 Å². The summed E-state index contributed by atoms with van der Waals surface area (Å²) in [4.78, 5) is 10.6. The van der Waals surface area contributed by atoms with Crippen LogP contribution in [0.2, 0.25) is 10.0 Å². The van der Waals surface area contributed by atoms with Gasteiger partial charge in [-0.15, -0.1) is 0 Å². The number of halogens is 3. The van der Waals surface area contributed by atoms with Gasteiger partial charge in [0.15, 0.2) is 11.5 Å². The minimum atomic E-state index is -0.498. The normalized spacial score (nSPS) is 11.1. The average Bonchev–Trinajstić information content (AvgIpc) is 2.79. The van der Waals surface area contributed by atoms with E-state index < -0.39 is 4.92 Å². The highest BCUT2D eigenvalue weighted by atomic mass is 79.9. The van der Waals surface area contributed by atoms with Crippen molar-refractivity contribution in [3.8, 4) is 17.6 Å². The first kappa shape index (κ1) is 24.6.